The Labute approximate surface area is 174 Å². The number of non-ortho nitro benzene ring substituents is 1. The van der Waals surface area contributed by atoms with Gasteiger partial charge in [-0.1, -0.05) is 45.0 Å². The standard InChI is InChI=1S/C22H25N3O5/c1-22(2,3)15-7-5-13(6-8-15)17-11-18(17)21(27)24-23-12-14-9-16(25(28)29)10-19(30-4)20(14)26/h5-10,12,17-18,26H,11H2,1-4H3,(H,24,27). The minimum Gasteiger partial charge on any atom is -0.504 e. The predicted octanol–water partition coefficient (Wildman–Crippen LogP) is 3.86. The predicted molar refractivity (Wildman–Crippen MR) is 113 cm³/mol. The smallest absolute Gasteiger partial charge is 0.274 e. The Balaban J connectivity index is 1.64. The molecule has 1 aliphatic carbocycles. The first-order valence-electron chi connectivity index (χ1n) is 9.60. The number of hydrogen-bond donors (Lipinski definition) is 2. The topological polar surface area (TPSA) is 114 Å². The van der Waals surface area contributed by atoms with E-state index in [1.54, 1.807) is 0 Å². The average molecular weight is 411 g/mol. The molecule has 0 spiro atoms. The Kier molecular flexibility index (Phi) is 5.78. The summed E-state index contributed by atoms with van der Waals surface area (Å²) in [7, 11) is 1.29. The van der Waals surface area contributed by atoms with Crippen LogP contribution in [0.2, 0.25) is 0 Å². The molecule has 2 unspecified atom stereocenters. The maximum Gasteiger partial charge on any atom is 0.274 e. The Morgan fingerprint density at radius 3 is 2.53 bits per heavy atom. The van der Waals surface area contributed by atoms with Gasteiger partial charge in [0, 0.05) is 17.5 Å². The molecule has 0 aromatic heterocycles. The number of carbonyl (C=O) groups excluding carboxylic acids is 1. The molecule has 2 aromatic rings. The third kappa shape index (κ3) is 4.59. The molecule has 8 nitrogen and oxygen atoms in total. The van der Waals surface area contributed by atoms with E-state index in [1.807, 2.05) is 0 Å². The van der Waals surface area contributed by atoms with E-state index in [4.69, 9.17) is 4.74 Å². The fraction of sp³-hybridized carbons (Fsp3) is 0.364. The van der Waals surface area contributed by atoms with E-state index in [0.29, 0.717) is 0 Å². The molecule has 1 saturated carbocycles. The number of nitro groups is 1. The number of aromatic hydroxyl groups is 1. The SMILES string of the molecule is COc1cc([N+](=O)[O-])cc(C=NNC(=O)C2CC2c2ccc(C(C)(C)C)cc2)c1O. The molecule has 0 saturated heterocycles. The zero-order chi connectivity index (χ0) is 22.1. The van der Waals surface area contributed by atoms with Crippen LogP contribution in [-0.4, -0.2) is 29.3 Å². The number of ether oxygens (including phenoxy) is 1. The summed E-state index contributed by atoms with van der Waals surface area (Å²) in [6.07, 6.45) is 1.91. The summed E-state index contributed by atoms with van der Waals surface area (Å²) in [5, 5.41) is 25.0. The van der Waals surface area contributed by atoms with Gasteiger partial charge in [-0.15, -0.1) is 0 Å². The summed E-state index contributed by atoms with van der Waals surface area (Å²) in [5.74, 6) is -0.577. The number of rotatable bonds is 6. The lowest BCUT2D eigenvalue weighted by atomic mass is 9.86. The summed E-state index contributed by atoms with van der Waals surface area (Å²) in [4.78, 5) is 22.8. The van der Waals surface area contributed by atoms with Crippen molar-refractivity contribution in [1.82, 2.24) is 5.43 Å². The Morgan fingerprint density at radius 1 is 1.30 bits per heavy atom. The number of methoxy groups -OCH3 is 1. The number of phenolic OH excluding ortho intramolecular Hbond substituents is 1. The molecule has 2 atom stereocenters. The maximum absolute atomic E-state index is 12.4. The number of benzene rings is 2. The highest BCUT2D eigenvalue weighted by Gasteiger charge is 2.44. The first-order chi connectivity index (χ1) is 14.1. The zero-order valence-corrected chi connectivity index (χ0v) is 17.4. The summed E-state index contributed by atoms with van der Waals surface area (Å²) in [5.41, 5.74) is 4.71. The van der Waals surface area contributed by atoms with Crippen molar-refractivity contribution in [3.8, 4) is 11.5 Å². The van der Waals surface area contributed by atoms with E-state index in [9.17, 15) is 20.0 Å². The van der Waals surface area contributed by atoms with Crippen molar-refractivity contribution in [2.75, 3.05) is 7.11 Å². The number of phenols is 1. The molecule has 0 heterocycles. The number of hydrogen-bond acceptors (Lipinski definition) is 6. The molecular weight excluding hydrogens is 386 g/mol. The van der Waals surface area contributed by atoms with Crippen LogP contribution in [0.5, 0.6) is 11.5 Å². The van der Waals surface area contributed by atoms with Gasteiger partial charge in [-0.3, -0.25) is 14.9 Å². The first kappa shape index (κ1) is 21.3. The molecule has 1 fully saturated rings. The first-order valence-corrected chi connectivity index (χ1v) is 9.60. The maximum atomic E-state index is 12.4. The summed E-state index contributed by atoms with van der Waals surface area (Å²) in [6.45, 7) is 6.46. The number of carbonyl (C=O) groups is 1. The van der Waals surface area contributed by atoms with E-state index >= 15 is 0 Å². The second kappa shape index (κ2) is 8.14. The highest BCUT2D eigenvalue weighted by Crippen LogP contribution is 2.47. The summed E-state index contributed by atoms with van der Waals surface area (Å²) in [6, 6.07) is 10.6. The van der Waals surface area contributed by atoms with Gasteiger partial charge in [0.25, 0.3) is 5.69 Å². The Bertz CT molecular complexity index is 993. The molecule has 2 aromatic carbocycles. The third-order valence-electron chi connectivity index (χ3n) is 5.23. The third-order valence-corrected chi connectivity index (χ3v) is 5.23. The monoisotopic (exact) mass is 411 g/mol. The van der Waals surface area contributed by atoms with Crippen LogP contribution in [0.3, 0.4) is 0 Å². The number of hydrazone groups is 1. The molecule has 0 aliphatic heterocycles. The van der Waals surface area contributed by atoms with Gasteiger partial charge in [0.15, 0.2) is 11.5 Å². The van der Waals surface area contributed by atoms with E-state index in [-0.39, 0.29) is 45.9 Å². The van der Waals surface area contributed by atoms with Crippen LogP contribution >= 0.6 is 0 Å². The molecule has 158 valence electrons. The lowest BCUT2D eigenvalue weighted by Crippen LogP contribution is -2.20. The summed E-state index contributed by atoms with van der Waals surface area (Å²) >= 11 is 0. The van der Waals surface area contributed by atoms with Crippen molar-refractivity contribution in [3.63, 3.8) is 0 Å². The van der Waals surface area contributed by atoms with E-state index < -0.39 is 4.92 Å². The second-order valence-corrected chi connectivity index (χ2v) is 8.40. The van der Waals surface area contributed by atoms with Gasteiger partial charge in [-0.2, -0.15) is 5.10 Å². The van der Waals surface area contributed by atoms with Crippen LogP contribution in [0.4, 0.5) is 5.69 Å². The minimum absolute atomic E-state index is 0.0436. The van der Waals surface area contributed by atoms with Crippen molar-refractivity contribution < 1.29 is 19.6 Å². The minimum atomic E-state index is -0.600. The quantitative estimate of drug-likeness (QED) is 0.426. The van der Waals surface area contributed by atoms with Crippen molar-refractivity contribution in [2.24, 2.45) is 11.0 Å². The lowest BCUT2D eigenvalue weighted by molar-refractivity contribution is -0.385. The number of nitrogens with zero attached hydrogens (tertiary/aromatic N) is 2. The van der Waals surface area contributed by atoms with Gasteiger partial charge in [0.05, 0.1) is 24.3 Å². The van der Waals surface area contributed by atoms with Crippen molar-refractivity contribution in [1.29, 1.82) is 0 Å². The van der Waals surface area contributed by atoms with E-state index in [1.165, 1.54) is 12.7 Å². The molecule has 30 heavy (non-hydrogen) atoms. The van der Waals surface area contributed by atoms with Crippen LogP contribution in [-0.2, 0) is 10.2 Å². The van der Waals surface area contributed by atoms with E-state index in [0.717, 1.165) is 30.3 Å². The van der Waals surface area contributed by atoms with Crippen LogP contribution in [0, 0.1) is 16.0 Å². The fourth-order valence-corrected chi connectivity index (χ4v) is 3.31. The van der Waals surface area contributed by atoms with Crippen LogP contribution in [0.1, 0.15) is 49.8 Å². The number of nitro benzene ring substituents is 1. The average Bonchev–Trinajstić information content (AvgIpc) is 3.49. The van der Waals surface area contributed by atoms with Crippen LogP contribution < -0.4 is 10.2 Å². The Hall–Kier alpha value is -3.42. The highest BCUT2D eigenvalue weighted by molar-refractivity contribution is 5.88. The highest BCUT2D eigenvalue weighted by atomic mass is 16.6. The largest absolute Gasteiger partial charge is 0.504 e. The second-order valence-electron chi connectivity index (χ2n) is 8.40. The number of nitrogens with one attached hydrogen (secondary N) is 1. The fourth-order valence-electron chi connectivity index (χ4n) is 3.31. The van der Waals surface area contributed by atoms with Gasteiger partial charge in [-0.05, 0) is 28.9 Å². The molecule has 1 aliphatic rings. The molecule has 1 amide bonds. The molecule has 0 radical (unpaired) electrons. The van der Waals surface area contributed by atoms with Gasteiger partial charge < -0.3 is 9.84 Å². The molecule has 3 rings (SSSR count). The van der Waals surface area contributed by atoms with Gasteiger partial charge in [0.2, 0.25) is 5.91 Å². The zero-order valence-electron chi connectivity index (χ0n) is 17.4. The van der Waals surface area contributed by atoms with Crippen LogP contribution in [0.15, 0.2) is 41.5 Å². The van der Waals surface area contributed by atoms with Gasteiger partial charge >= 0.3 is 0 Å². The summed E-state index contributed by atoms with van der Waals surface area (Å²) < 4.78 is 4.94. The molecule has 0 bridgehead atoms. The molecular formula is C22H25N3O5. The number of amides is 1. The lowest BCUT2D eigenvalue weighted by Gasteiger charge is -2.19. The molecule has 2 N–H and O–H groups in total. The normalized spacial score (nSPS) is 18.3. The van der Waals surface area contributed by atoms with Crippen molar-refractivity contribution in [2.45, 2.75) is 38.5 Å². The van der Waals surface area contributed by atoms with E-state index in [2.05, 4.69) is 55.6 Å². The van der Waals surface area contributed by atoms with Crippen LogP contribution in [0.25, 0.3) is 0 Å². The van der Waals surface area contributed by atoms with Crippen molar-refractivity contribution >= 4 is 17.8 Å². The van der Waals surface area contributed by atoms with Gasteiger partial charge in [0.1, 0.15) is 0 Å². The Morgan fingerprint density at radius 2 is 1.97 bits per heavy atom. The van der Waals surface area contributed by atoms with Gasteiger partial charge in [-0.25, -0.2) is 5.43 Å². The molecule has 8 heteroatoms. The van der Waals surface area contributed by atoms with Crippen molar-refractivity contribution in [3.05, 3.63) is 63.2 Å².